The molecule has 28 heavy (non-hydrogen) atoms. The van der Waals surface area contributed by atoms with E-state index in [0.29, 0.717) is 30.4 Å². The lowest BCUT2D eigenvalue weighted by atomic mass is 10.2. The van der Waals surface area contributed by atoms with Crippen LogP contribution in [-0.2, 0) is 0 Å². The number of aromatic nitrogens is 4. The van der Waals surface area contributed by atoms with E-state index in [-0.39, 0.29) is 11.8 Å². The maximum absolute atomic E-state index is 12.5. The number of anilines is 1. The van der Waals surface area contributed by atoms with Gasteiger partial charge in [0.05, 0.1) is 5.56 Å². The molecule has 1 amide bonds. The standard InChI is InChI=1S/C20H22N6O2/c1-14(2)19-23-18(24-28-19)15-5-6-17(22-13-15)25-8-10-26(11-9-25)20(27)16-4-3-7-21-12-16/h3-7,12-14H,8-11H2,1-2H3. The van der Waals surface area contributed by atoms with Crippen LogP contribution in [0.4, 0.5) is 5.82 Å². The van der Waals surface area contributed by atoms with Gasteiger partial charge in [-0.25, -0.2) is 4.98 Å². The maximum atomic E-state index is 12.5. The summed E-state index contributed by atoms with van der Waals surface area (Å²) in [6.45, 7) is 6.80. The van der Waals surface area contributed by atoms with Crippen molar-refractivity contribution in [3.8, 4) is 11.4 Å². The zero-order valence-electron chi connectivity index (χ0n) is 15.9. The molecule has 3 aromatic rings. The van der Waals surface area contributed by atoms with Crippen molar-refractivity contribution >= 4 is 11.7 Å². The third-order valence-corrected chi connectivity index (χ3v) is 4.74. The molecule has 0 atom stereocenters. The van der Waals surface area contributed by atoms with Crippen LogP contribution in [0.2, 0.25) is 0 Å². The van der Waals surface area contributed by atoms with Crippen LogP contribution in [0.15, 0.2) is 47.4 Å². The van der Waals surface area contributed by atoms with E-state index in [1.165, 1.54) is 0 Å². The minimum atomic E-state index is 0.0223. The summed E-state index contributed by atoms with van der Waals surface area (Å²) in [6.07, 6.45) is 5.04. The molecule has 1 aliphatic heterocycles. The molecule has 1 fully saturated rings. The van der Waals surface area contributed by atoms with Crippen LogP contribution in [-0.4, -0.2) is 57.1 Å². The topological polar surface area (TPSA) is 88.3 Å². The average Bonchev–Trinajstić information content (AvgIpc) is 3.25. The van der Waals surface area contributed by atoms with Crippen LogP contribution in [0.1, 0.15) is 36.0 Å². The molecule has 4 rings (SSSR count). The molecule has 3 aromatic heterocycles. The predicted molar refractivity (Wildman–Crippen MR) is 104 cm³/mol. The Kier molecular flexibility index (Phi) is 5.01. The minimum Gasteiger partial charge on any atom is -0.353 e. The highest BCUT2D eigenvalue weighted by molar-refractivity contribution is 5.94. The number of nitrogens with zero attached hydrogens (tertiary/aromatic N) is 6. The Morgan fingerprint density at radius 2 is 1.93 bits per heavy atom. The van der Waals surface area contributed by atoms with Crippen molar-refractivity contribution in [2.75, 3.05) is 31.1 Å². The summed E-state index contributed by atoms with van der Waals surface area (Å²) in [7, 11) is 0. The fourth-order valence-corrected chi connectivity index (χ4v) is 3.10. The molecule has 1 saturated heterocycles. The molecular formula is C20H22N6O2. The monoisotopic (exact) mass is 378 g/mol. The van der Waals surface area contributed by atoms with Gasteiger partial charge in [0.15, 0.2) is 0 Å². The van der Waals surface area contributed by atoms with Gasteiger partial charge in [0, 0.05) is 56.3 Å². The summed E-state index contributed by atoms with van der Waals surface area (Å²) in [5, 5.41) is 4.02. The second-order valence-electron chi connectivity index (χ2n) is 7.04. The molecule has 0 saturated carbocycles. The van der Waals surface area contributed by atoms with E-state index in [2.05, 4.69) is 25.0 Å². The summed E-state index contributed by atoms with van der Waals surface area (Å²) in [4.78, 5) is 29.5. The van der Waals surface area contributed by atoms with Crippen LogP contribution in [0.5, 0.6) is 0 Å². The van der Waals surface area contributed by atoms with Gasteiger partial charge in [-0.2, -0.15) is 4.98 Å². The van der Waals surface area contributed by atoms with E-state index < -0.39 is 0 Å². The molecule has 0 N–H and O–H groups in total. The van der Waals surface area contributed by atoms with Crippen molar-refractivity contribution in [2.45, 2.75) is 19.8 Å². The Hall–Kier alpha value is -3.29. The summed E-state index contributed by atoms with van der Waals surface area (Å²) in [5.74, 6) is 2.26. The second-order valence-corrected chi connectivity index (χ2v) is 7.04. The lowest BCUT2D eigenvalue weighted by Gasteiger charge is -2.35. The van der Waals surface area contributed by atoms with E-state index in [0.717, 1.165) is 24.5 Å². The van der Waals surface area contributed by atoms with E-state index in [1.54, 1.807) is 30.7 Å². The Balaban J connectivity index is 1.39. The van der Waals surface area contributed by atoms with Gasteiger partial charge < -0.3 is 14.3 Å². The van der Waals surface area contributed by atoms with Gasteiger partial charge >= 0.3 is 0 Å². The zero-order valence-corrected chi connectivity index (χ0v) is 15.9. The molecule has 0 aromatic carbocycles. The molecule has 0 aliphatic carbocycles. The van der Waals surface area contributed by atoms with E-state index >= 15 is 0 Å². The number of piperazine rings is 1. The first-order chi connectivity index (χ1) is 13.6. The molecule has 0 bridgehead atoms. The quantitative estimate of drug-likeness (QED) is 0.689. The van der Waals surface area contributed by atoms with Gasteiger partial charge in [-0.05, 0) is 24.3 Å². The fourth-order valence-electron chi connectivity index (χ4n) is 3.10. The van der Waals surface area contributed by atoms with Crippen LogP contribution in [0.25, 0.3) is 11.4 Å². The molecule has 8 heteroatoms. The normalized spacial score (nSPS) is 14.5. The van der Waals surface area contributed by atoms with Crippen LogP contribution < -0.4 is 4.90 Å². The van der Waals surface area contributed by atoms with Crippen molar-refractivity contribution in [3.05, 3.63) is 54.3 Å². The zero-order chi connectivity index (χ0) is 19.5. The lowest BCUT2D eigenvalue weighted by Crippen LogP contribution is -2.49. The fraction of sp³-hybridized carbons (Fsp3) is 0.350. The summed E-state index contributed by atoms with van der Waals surface area (Å²) in [5.41, 5.74) is 1.45. The van der Waals surface area contributed by atoms with Gasteiger partial charge in [0.2, 0.25) is 11.7 Å². The van der Waals surface area contributed by atoms with Crippen LogP contribution >= 0.6 is 0 Å². The first-order valence-electron chi connectivity index (χ1n) is 9.36. The van der Waals surface area contributed by atoms with Crippen molar-refractivity contribution in [1.82, 2.24) is 25.0 Å². The average molecular weight is 378 g/mol. The second kappa shape index (κ2) is 7.75. The van der Waals surface area contributed by atoms with Crippen LogP contribution in [0.3, 0.4) is 0 Å². The highest BCUT2D eigenvalue weighted by Gasteiger charge is 2.23. The Labute approximate surface area is 163 Å². The minimum absolute atomic E-state index is 0.0223. The lowest BCUT2D eigenvalue weighted by molar-refractivity contribution is 0.0746. The number of rotatable bonds is 4. The van der Waals surface area contributed by atoms with Crippen molar-refractivity contribution < 1.29 is 9.32 Å². The predicted octanol–water partition coefficient (Wildman–Crippen LogP) is 2.61. The van der Waals surface area contributed by atoms with Crippen molar-refractivity contribution in [3.63, 3.8) is 0 Å². The molecule has 144 valence electrons. The Bertz CT molecular complexity index is 931. The Morgan fingerprint density at radius 1 is 1.11 bits per heavy atom. The SMILES string of the molecule is CC(C)c1nc(-c2ccc(N3CCN(C(=O)c4cccnc4)CC3)nc2)no1. The molecule has 8 nitrogen and oxygen atoms in total. The number of carbonyl (C=O) groups excluding carboxylic acids is 1. The molecule has 0 spiro atoms. The van der Waals surface area contributed by atoms with Crippen LogP contribution in [0, 0.1) is 0 Å². The maximum Gasteiger partial charge on any atom is 0.255 e. The van der Waals surface area contributed by atoms with Gasteiger partial charge in [-0.1, -0.05) is 19.0 Å². The summed E-state index contributed by atoms with van der Waals surface area (Å²) in [6, 6.07) is 7.48. The smallest absolute Gasteiger partial charge is 0.255 e. The molecule has 4 heterocycles. The van der Waals surface area contributed by atoms with E-state index in [9.17, 15) is 4.79 Å². The highest BCUT2D eigenvalue weighted by Crippen LogP contribution is 2.21. The Morgan fingerprint density at radius 3 is 2.54 bits per heavy atom. The molecular weight excluding hydrogens is 356 g/mol. The first-order valence-corrected chi connectivity index (χ1v) is 9.36. The van der Waals surface area contributed by atoms with Gasteiger partial charge in [0.1, 0.15) is 5.82 Å². The van der Waals surface area contributed by atoms with E-state index in [1.807, 2.05) is 30.9 Å². The molecule has 1 aliphatic rings. The number of hydrogen-bond donors (Lipinski definition) is 0. The first kappa shape index (κ1) is 18.1. The summed E-state index contributed by atoms with van der Waals surface area (Å²) >= 11 is 0. The highest BCUT2D eigenvalue weighted by atomic mass is 16.5. The van der Waals surface area contributed by atoms with Crippen molar-refractivity contribution in [2.24, 2.45) is 0 Å². The molecule has 0 unspecified atom stereocenters. The number of amides is 1. The van der Waals surface area contributed by atoms with Gasteiger partial charge in [0.25, 0.3) is 5.91 Å². The van der Waals surface area contributed by atoms with Gasteiger partial charge in [-0.3, -0.25) is 9.78 Å². The summed E-state index contributed by atoms with van der Waals surface area (Å²) < 4.78 is 5.26. The van der Waals surface area contributed by atoms with Crippen molar-refractivity contribution in [1.29, 1.82) is 0 Å². The largest absolute Gasteiger partial charge is 0.353 e. The van der Waals surface area contributed by atoms with Gasteiger partial charge in [-0.15, -0.1) is 0 Å². The molecule has 0 radical (unpaired) electrons. The number of carbonyl (C=O) groups is 1. The number of pyridine rings is 2. The van der Waals surface area contributed by atoms with E-state index in [4.69, 9.17) is 4.52 Å². The number of hydrogen-bond acceptors (Lipinski definition) is 7. The third kappa shape index (κ3) is 3.71. The third-order valence-electron chi connectivity index (χ3n) is 4.74.